The second-order valence-electron chi connectivity index (χ2n) is 8.17. The van der Waals surface area contributed by atoms with E-state index in [9.17, 15) is 13.2 Å². The number of fused-ring (bicyclic) bond motifs is 1. The van der Waals surface area contributed by atoms with Gasteiger partial charge in [-0.1, -0.05) is 48.0 Å². The Hall–Kier alpha value is -3.59. The highest BCUT2D eigenvalue weighted by molar-refractivity contribution is 7.92. The van der Waals surface area contributed by atoms with E-state index in [1.54, 1.807) is 24.3 Å². The van der Waals surface area contributed by atoms with E-state index in [0.717, 1.165) is 16.3 Å². The van der Waals surface area contributed by atoms with Crippen LogP contribution in [0.4, 0.5) is 5.69 Å². The minimum atomic E-state index is -3.75. The lowest BCUT2D eigenvalue weighted by Crippen LogP contribution is -2.36. The van der Waals surface area contributed by atoms with Crippen molar-refractivity contribution in [1.29, 1.82) is 0 Å². The molecule has 9 heteroatoms. The van der Waals surface area contributed by atoms with Crippen LogP contribution in [0, 0.1) is 0 Å². The van der Waals surface area contributed by atoms with Crippen molar-refractivity contribution in [2.24, 2.45) is 5.73 Å². The summed E-state index contributed by atoms with van der Waals surface area (Å²) >= 11 is 5.86. The van der Waals surface area contributed by atoms with Gasteiger partial charge in [0.1, 0.15) is 5.75 Å². The number of benzene rings is 4. The molecule has 1 amide bonds. The summed E-state index contributed by atoms with van der Waals surface area (Å²) in [7, 11) is -2.28. The monoisotopic (exact) mass is 523 g/mol. The number of sulfonamides is 1. The van der Waals surface area contributed by atoms with Gasteiger partial charge in [0.15, 0.2) is 6.61 Å². The predicted octanol–water partition coefficient (Wildman–Crippen LogP) is 4.51. The Labute approximate surface area is 215 Å². The van der Waals surface area contributed by atoms with Crippen LogP contribution in [0.25, 0.3) is 10.8 Å². The highest BCUT2D eigenvalue weighted by atomic mass is 35.5. The SMILES string of the molecule is CN(c1ccc(OCC(=O)NC(CN)c2ccc3ccccc3c2)cc1)S(=O)(=O)c1ccc(Cl)cc1. The molecule has 1 unspecified atom stereocenters. The van der Waals surface area contributed by atoms with Crippen LogP contribution in [0.2, 0.25) is 5.02 Å². The molecular formula is C27H26ClN3O4S. The van der Waals surface area contributed by atoms with Crippen LogP contribution in [-0.4, -0.2) is 34.5 Å². The van der Waals surface area contributed by atoms with Gasteiger partial charge in [-0.05, 0) is 70.9 Å². The first kappa shape index (κ1) is 25.5. The van der Waals surface area contributed by atoms with Gasteiger partial charge in [0.2, 0.25) is 0 Å². The van der Waals surface area contributed by atoms with E-state index in [4.69, 9.17) is 22.1 Å². The first-order valence-corrected chi connectivity index (χ1v) is 13.1. The fourth-order valence-electron chi connectivity index (χ4n) is 3.74. The summed E-state index contributed by atoms with van der Waals surface area (Å²) < 4.78 is 32.5. The smallest absolute Gasteiger partial charge is 0.264 e. The molecule has 186 valence electrons. The number of halogens is 1. The molecule has 0 saturated heterocycles. The van der Waals surface area contributed by atoms with Crippen molar-refractivity contribution in [3.63, 3.8) is 0 Å². The van der Waals surface area contributed by atoms with E-state index >= 15 is 0 Å². The van der Waals surface area contributed by atoms with Crippen LogP contribution >= 0.6 is 11.6 Å². The van der Waals surface area contributed by atoms with Crippen LogP contribution < -0.4 is 20.1 Å². The van der Waals surface area contributed by atoms with Crippen molar-refractivity contribution < 1.29 is 17.9 Å². The number of amides is 1. The molecule has 0 aliphatic carbocycles. The fourth-order valence-corrected chi connectivity index (χ4v) is 5.07. The highest BCUT2D eigenvalue weighted by Gasteiger charge is 2.21. The number of hydrogen-bond donors (Lipinski definition) is 2. The maximum absolute atomic E-state index is 12.9. The Morgan fingerprint density at radius 3 is 2.31 bits per heavy atom. The zero-order valence-corrected chi connectivity index (χ0v) is 21.2. The van der Waals surface area contributed by atoms with Crippen LogP contribution in [0.1, 0.15) is 11.6 Å². The van der Waals surface area contributed by atoms with Gasteiger partial charge in [-0.15, -0.1) is 0 Å². The standard InChI is InChI=1S/C27H26ClN3O4S/c1-31(36(33,34)25-14-8-22(28)9-15-25)23-10-12-24(13-11-23)35-18-27(32)30-26(17-29)21-7-6-19-4-2-3-5-20(19)16-21/h2-16,26H,17-18,29H2,1H3,(H,30,32). The summed E-state index contributed by atoms with van der Waals surface area (Å²) in [6, 6.07) is 26.0. The summed E-state index contributed by atoms with van der Waals surface area (Å²) in [5.41, 5.74) is 7.28. The van der Waals surface area contributed by atoms with Crippen molar-refractivity contribution in [3.05, 3.63) is 102 Å². The van der Waals surface area contributed by atoms with E-state index < -0.39 is 10.0 Å². The molecule has 1 atom stereocenters. The fraction of sp³-hybridized carbons (Fsp3) is 0.148. The van der Waals surface area contributed by atoms with Crippen LogP contribution in [0.3, 0.4) is 0 Å². The zero-order valence-electron chi connectivity index (χ0n) is 19.6. The number of carbonyl (C=O) groups is 1. The van der Waals surface area contributed by atoms with Gasteiger partial charge < -0.3 is 15.8 Å². The summed E-state index contributed by atoms with van der Waals surface area (Å²) in [4.78, 5) is 12.7. The predicted molar refractivity (Wildman–Crippen MR) is 143 cm³/mol. The summed E-state index contributed by atoms with van der Waals surface area (Å²) in [5, 5.41) is 5.54. The molecule has 4 aromatic rings. The molecule has 0 spiro atoms. The second kappa shape index (κ2) is 11.0. The first-order valence-electron chi connectivity index (χ1n) is 11.2. The maximum Gasteiger partial charge on any atom is 0.264 e. The molecule has 0 saturated carbocycles. The Morgan fingerprint density at radius 2 is 1.64 bits per heavy atom. The van der Waals surface area contributed by atoms with Gasteiger partial charge in [0, 0.05) is 18.6 Å². The number of rotatable bonds is 9. The normalized spacial score (nSPS) is 12.2. The molecule has 4 rings (SSSR count). The van der Waals surface area contributed by atoms with Gasteiger partial charge in [0.05, 0.1) is 16.6 Å². The zero-order chi connectivity index (χ0) is 25.7. The van der Waals surface area contributed by atoms with Crippen LogP contribution in [0.5, 0.6) is 5.75 Å². The molecule has 0 fully saturated rings. The molecule has 0 aliphatic heterocycles. The summed E-state index contributed by atoms with van der Waals surface area (Å²) in [6.07, 6.45) is 0. The number of nitrogens with zero attached hydrogens (tertiary/aromatic N) is 1. The number of ether oxygens (including phenoxy) is 1. The van der Waals surface area contributed by atoms with Gasteiger partial charge in [-0.2, -0.15) is 0 Å². The molecule has 4 aromatic carbocycles. The molecule has 36 heavy (non-hydrogen) atoms. The molecule has 0 aromatic heterocycles. The highest BCUT2D eigenvalue weighted by Crippen LogP contribution is 2.25. The van der Waals surface area contributed by atoms with Gasteiger partial charge >= 0.3 is 0 Å². The van der Waals surface area contributed by atoms with E-state index in [2.05, 4.69) is 5.32 Å². The molecule has 7 nitrogen and oxygen atoms in total. The molecule has 0 radical (unpaired) electrons. The molecule has 0 bridgehead atoms. The van der Waals surface area contributed by atoms with Crippen molar-refractivity contribution in [2.45, 2.75) is 10.9 Å². The largest absolute Gasteiger partial charge is 0.484 e. The minimum Gasteiger partial charge on any atom is -0.484 e. The Balaban J connectivity index is 1.36. The first-order chi connectivity index (χ1) is 17.3. The van der Waals surface area contributed by atoms with Crippen LogP contribution in [0.15, 0.2) is 95.9 Å². The lowest BCUT2D eigenvalue weighted by atomic mass is 10.0. The Morgan fingerprint density at radius 1 is 0.972 bits per heavy atom. The summed E-state index contributed by atoms with van der Waals surface area (Å²) in [6.45, 7) is 0.0372. The second-order valence-corrected chi connectivity index (χ2v) is 10.6. The summed E-state index contributed by atoms with van der Waals surface area (Å²) in [5.74, 6) is 0.117. The van der Waals surface area contributed by atoms with Gasteiger partial charge in [0.25, 0.3) is 15.9 Å². The van der Waals surface area contributed by atoms with Gasteiger partial charge in [-0.25, -0.2) is 8.42 Å². The average molecular weight is 524 g/mol. The van der Waals surface area contributed by atoms with E-state index in [1.165, 1.54) is 35.6 Å². The maximum atomic E-state index is 12.9. The topological polar surface area (TPSA) is 102 Å². The Kier molecular flexibility index (Phi) is 7.79. The van der Waals surface area contributed by atoms with E-state index in [0.29, 0.717) is 16.5 Å². The average Bonchev–Trinajstić information content (AvgIpc) is 2.90. The minimum absolute atomic E-state index is 0.132. The number of nitrogens with two attached hydrogens (primary N) is 1. The number of anilines is 1. The Bertz CT molecular complexity index is 1460. The lowest BCUT2D eigenvalue weighted by molar-refractivity contribution is -0.123. The van der Waals surface area contributed by atoms with E-state index in [-0.39, 0.29) is 30.0 Å². The quantitative estimate of drug-likeness (QED) is 0.336. The van der Waals surface area contributed by atoms with Crippen LogP contribution in [-0.2, 0) is 14.8 Å². The van der Waals surface area contributed by atoms with E-state index in [1.807, 2.05) is 42.5 Å². The number of carbonyl (C=O) groups excluding carboxylic acids is 1. The van der Waals surface area contributed by atoms with Crippen molar-refractivity contribution >= 4 is 44.0 Å². The third kappa shape index (κ3) is 5.79. The number of hydrogen-bond acceptors (Lipinski definition) is 5. The van der Waals surface area contributed by atoms with Gasteiger partial charge in [-0.3, -0.25) is 9.10 Å². The lowest BCUT2D eigenvalue weighted by Gasteiger charge is -2.20. The molecule has 0 heterocycles. The van der Waals surface area contributed by atoms with Crippen molar-refractivity contribution in [3.8, 4) is 5.75 Å². The molecule has 3 N–H and O–H groups in total. The number of nitrogens with one attached hydrogen (secondary N) is 1. The molecular weight excluding hydrogens is 498 g/mol. The van der Waals surface area contributed by atoms with Crippen molar-refractivity contribution in [2.75, 3.05) is 24.5 Å². The molecule has 0 aliphatic rings. The third-order valence-electron chi connectivity index (χ3n) is 5.79. The van der Waals surface area contributed by atoms with Crippen molar-refractivity contribution in [1.82, 2.24) is 5.32 Å². The third-order valence-corrected chi connectivity index (χ3v) is 7.84.